The molecule has 0 saturated carbocycles. The van der Waals surface area contributed by atoms with Crippen molar-refractivity contribution in [1.82, 2.24) is 14.9 Å². The number of hydrogen-bond donors (Lipinski definition) is 2. The highest BCUT2D eigenvalue weighted by molar-refractivity contribution is 5.23. The van der Waals surface area contributed by atoms with E-state index in [0.29, 0.717) is 0 Å². The van der Waals surface area contributed by atoms with E-state index in [2.05, 4.69) is 10.3 Å². The lowest BCUT2D eigenvalue weighted by Crippen LogP contribution is -2.28. The number of nitrogens with one attached hydrogen (secondary N) is 1. The Bertz CT molecular complexity index is 353. The van der Waals surface area contributed by atoms with E-state index in [1.807, 2.05) is 0 Å². The molecule has 1 saturated heterocycles. The number of nitrogen functional groups attached to an aromatic ring is 1. The monoisotopic (exact) mass is 180 g/mol. The first-order chi connectivity index (χ1) is 6.27. The van der Waals surface area contributed by atoms with Gasteiger partial charge in [0.15, 0.2) is 0 Å². The van der Waals surface area contributed by atoms with Gasteiger partial charge in [-0.05, 0) is 19.0 Å². The van der Waals surface area contributed by atoms with Crippen molar-refractivity contribution >= 4 is 5.82 Å². The van der Waals surface area contributed by atoms with Crippen LogP contribution in [0.15, 0.2) is 17.1 Å². The molecule has 2 rings (SSSR count). The number of aromatic nitrogens is 2. The molecule has 0 bridgehead atoms. The fourth-order valence-corrected chi connectivity index (χ4v) is 1.58. The molecule has 1 aliphatic rings. The molecule has 0 aromatic carbocycles. The molecule has 0 amide bonds. The van der Waals surface area contributed by atoms with Crippen LogP contribution in [0.2, 0.25) is 0 Å². The van der Waals surface area contributed by atoms with Crippen LogP contribution in [0.1, 0.15) is 12.5 Å². The van der Waals surface area contributed by atoms with Gasteiger partial charge in [-0.15, -0.1) is 0 Å². The van der Waals surface area contributed by atoms with Gasteiger partial charge in [0, 0.05) is 12.7 Å². The third-order valence-corrected chi connectivity index (χ3v) is 2.28. The molecule has 70 valence electrons. The molecule has 2 heterocycles. The third-order valence-electron chi connectivity index (χ3n) is 2.28. The zero-order valence-corrected chi connectivity index (χ0v) is 7.23. The van der Waals surface area contributed by atoms with Crippen LogP contribution in [0, 0.1) is 0 Å². The number of rotatable bonds is 1. The van der Waals surface area contributed by atoms with Crippen molar-refractivity contribution in [1.29, 1.82) is 0 Å². The molecule has 1 fully saturated rings. The van der Waals surface area contributed by atoms with Crippen LogP contribution in [0.3, 0.4) is 0 Å². The van der Waals surface area contributed by atoms with Gasteiger partial charge in [-0.25, -0.2) is 4.79 Å². The molecule has 0 aliphatic carbocycles. The van der Waals surface area contributed by atoms with E-state index >= 15 is 0 Å². The van der Waals surface area contributed by atoms with Crippen molar-refractivity contribution < 1.29 is 0 Å². The van der Waals surface area contributed by atoms with E-state index in [-0.39, 0.29) is 17.5 Å². The maximum absolute atomic E-state index is 11.4. The molecule has 13 heavy (non-hydrogen) atoms. The van der Waals surface area contributed by atoms with Gasteiger partial charge in [-0.1, -0.05) is 0 Å². The summed E-state index contributed by atoms with van der Waals surface area (Å²) in [6, 6.07) is 1.89. The summed E-state index contributed by atoms with van der Waals surface area (Å²) < 4.78 is 1.64. The summed E-state index contributed by atoms with van der Waals surface area (Å²) in [5.74, 6) is 0.284. The van der Waals surface area contributed by atoms with Crippen LogP contribution < -0.4 is 16.7 Å². The Balaban J connectivity index is 2.34. The second-order valence-electron chi connectivity index (χ2n) is 3.19. The Kier molecular flexibility index (Phi) is 2.02. The Morgan fingerprint density at radius 1 is 1.69 bits per heavy atom. The average Bonchev–Trinajstić information content (AvgIpc) is 2.56. The van der Waals surface area contributed by atoms with Gasteiger partial charge in [0.05, 0.1) is 6.04 Å². The van der Waals surface area contributed by atoms with Crippen LogP contribution in [0.25, 0.3) is 0 Å². The molecule has 1 aliphatic heterocycles. The van der Waals surface area contributed by atoms with Gasteiger partial charge in [0.2, 0.25) is 0 Å². The Morgan fingerprint density at radius 3 is 3.15 bits per heavy atom. The highest BCUT2D eigenvalue weighted by Crippen LogP contribution is 2.11. The molecular formula is C8H12N4O. The lowest BCUT2D eigenvalue weighted by molar-refractivity contribution is 0.518. The van der Waals surface area contributed by atoms with Crippen LogP contribution in [0.5, 0.6) is 0 Å². The van der Waals surface area contributed by atoms with Crippen molar-refractivity contribution in [3.8, 4) is 0 Å². The Morgan fingerprint density at radius 2 is 2.54 bits per heavy atom. The van der Waals surface area contributed by atoms with Crippen molar-refractivity contribution in [2.45, 2.75) is 12.5 Å². The van der Waals surface area contributed by atoms with E-state index in [0.717, 1.165) is 19.5 Å². The summed E-state index contributed by atoms with van der Waals surface area (Å²) >= 11 is 0. The minimum absolute atomic E-state index is 0.237. The maximum atomic E-state index is 11.4. The molecule has 3 N–H and O–H groups in total. The van der Waals surface area contributed by atoms with Crippen LogP contribution in [-0.4, -0.2) is 22.6 Å². The van der Waals surface area contributed by atoms with Crippen LogP contribution in [0.4, 0.5) is 5.82 Å². The maximum Gasteiger partial charge on any atom is 0.349 e. The quantitative estimate of drug-likeness (QED) is 0.603. The second-order valence-corrected chi connectivity index (χ2v) is 3.19. The Hall–Kier alpha value is -1.36. The predicted molar refractivity (Wildman–Crippen MR) is 49.4 cm³/mol. The summed E-state index contributed by atoms with van der Waals surface area (Å²) in [6.07, 6.45) is 2.69. The average molecular weight is 180 g/mol. The minimum atomic E-state index is -0.256. The van der Waals surface area contributed by atoms with E-state index in [4.69, 9.17) is 5.73 Å². The van der Waals surface area contributed by atoms with Gasteiger partial charge >= 0.3 is 5.69 Å². The summed E-state index contributed by atoms with van der Waals surface area (Å²) in [5.41, 5.74) is 5.13. The molecular weight excluding hydrogens is 168 g/mol. The van der Waals surface area contributed by atoms with E-state index in [1.165, 1.54) is 0 Å². The smallest absolute Gasteiger partial charge is 0.349 e. The van der Waals surface area contributed by atoms with Crippen molar-refractivity contribution in [3.63, 3.8) is 0 Å². The van der Waals surface area contributed by atoms with E-state index in [1.54, 1.807) is 16.8 Å². The third kappa shape index (κ3) is 1.55. The number of anilines is 1. The minimum Gasteiger partial charge on any atom is -0.383 e. The summed E-state index contributed by atoms with van der Waals surface area (Å²) in [7, 11) is 0. The van der Waals surface area contributed by atoms with Gasteiger partial charge in [0.25, 0.3) is 0 Å². The first kappa shape index (κ1) is 8.25. The topological polar surface area (TPSA) is 72.9 Å². The summed E-state index contributed by atoms with van der Waals surface area (Å²) in [5, 5.41) is 3.19. The fraction of sp³-hybridized carbons (Fsp3) is 0.500. The molecule has 5 nitrogen and oxygen atoms in total. The molecule has 1 aromatic rings. The predicted octanol–water partition coefficient (Wildman–Crippen LogP) is -0.640. The van der Waals surface area contributed by atoms with Crippen molar-refractivity contribution in [3.05, 3.63) is 22.7 Å². The summed E-state index contributed by atoms with van der Waals surface area (Å²) in [4.78, 5) is 15.0. The highest BCUT2D eigenvalue weighted by atomic mass is 16.1. The van der Waals surface area contributed by atoms with Gasteiger partial charge < -0.3 is 11.1 Å². The second kappa shape index (κ2) is 3.18. The normalized spacial score (nSPS) is 22.0. The zero-order chi connectivity index (χ0) is 9.26. The number of nitrogens with zero attached hydrogens (tertiary/aromatic N) is 2. The van der Waals surface area contributed by atoms with Gasteiger partial charge in [0.1, 0.15) is 5.82 Å². The standard InChI is InChI=1S/C8H12N4O/c9-7-2-4-12(8(13)11-7)6-1-3-10-5-6/h2,4,6,10H,1,3,5H2,(H2,9,11,13). The molecule has 5 heteroatoms. The van der Waals surface area contributed by atoms with Gasteiger partial charge in [-0.2, -0.15) is 4.98 Å². The SMILES string of the molecule is Nc1ccn(C2CCNC2)c(=O)n1. The fourth-order valence-electron chi connectivity index (χ4n) is 1.58. The lowest BCUT2D eigenvalue weighted by atomic mass is 10.2. The van der Waals surface area contributed by atoms with Gasteiger partial charge in [-0.3, -0.25) is 4.57 Å². The number of hydrogen-bond acceptors (Lipinski definition) is 4. The summed E-state index contributed by atoms with van der Waals surface area (Å²) in [6.45, 7) is 1.80. The number of nitrogens with two attached hydrogens (primary N) is 1. The molecule has 1 aromatic heterocycles. The molecule has 1 atom stereocenters. The van der Waals surface area contributed by atoms with Crippen molar-refractivity contribution in [2.24, 2.45) is 0 Å². The first-order valence-corrected chi connectivity index (χ1v) is 4.33. The van der Waals surface area contributed by atoms with Crippen LogP contribution in [-0.2, 0) is 0 Å². The zero-order valence-electron chi connectivity index (χ0n) is 7.23. The largest absolute Gasteiger partial charge is 0.383 e. The first-order valence-electron chi connectivity index (χ1n) is 4.33. The highest BCUT2D eigenvalue weighted by Gasteiger charge is 2.17. The van der Waals surface area contributed by atoms with E-state index in [9.17, 15) is 4.79 Å². The molecule has 0 spiro atoms. The van der Waals surface area contributed by atoms with E-state index < -0.39 is 0 Å². The molecule has 0 radical (unpaired) electrons. The van der Waals surface area contributed by atoms with Crippen LogP contribution >= 0.6 is 0 Å². The lowest BCUT2D eigenvalue weighted by Gasteiger charge is -2.10. The Labute approximate surface area is 75.6 Å². The van der Waals surface area contributed by atoms with Crippen molar-refractivity contribution in [2.75, 3.05) is 18.8 Å². The molecule has 1 unspecified atom stereocenters.